The second kappa shape index (κ2) is 3.75. The Kier molecular flexibility index (Phi) is 2.55. The van der Waals surface area contributed by atoms with Gasteiger partial charge in [-0.1, -0.05) is 0 Å². The Hall–Kier alpha value is -1.62. The van der Waals surface area contributed by atoms with Gasteiger partial charge in [-0.2, -0.15) is 0 Å². The highest BCUT2D eigenvalue weighted by atomic mass is 16.5. The summed E-state index contributed by atoms with van der Waals surface area (Å²) in [7, 11) is 1.48. The van der Waals surface area contributed by atoms with Crippen molar-refractivity contribution in [2.75, 3.05) is 20.2 Å². The Morgan fingerprint density at radius 2 is 2.31 bits per heavy atom. The smallest absolute Gasteiger partial charge is 0.259 e. The summed E-state index contributed by atoms with van der Waals surface area (Å²) >= 11 is 0. The zero-order valence-electron chi connectivity index (χ0n) is 9.30. The van der Waals surface area contributed by atoms with E-state index in [1.54, 1.807) is 30.2 Å². The minimum absolute atomic E-state index is 0.156. The van der Waals surface area contributed by atoms with Crippen molar-refractivity contribution in [2.24, 2.45) is 0 Å². The third-order valence-corrected chi connectivity index (χ3v) is 2.55. The second-order valence-electron chi connectivity index (χ2n) is 4.22. The van der Waals surface area contributed by atoms with Gasteiger partial charge in [0.05, 0.1) is 25.8 Å². The second-order valence-corrected chi connectivity index (χ2v) is 4.22. The number of hydrogen-bond donors (Lipinski definition) is 1. The Bertz CT molecular complexity index is 409. The topological polar surface area (TPSA) is 62.7 Å². The van der Waals surface area contributed by atoms with Crippen LogP contribution in [-0.2, 0) is 0 Å². The summed E-state index contributed by atoms with van der Waals surface area (Å²) in [6.07, 6.45) is 1.57. The maximum Gasteiger partial charge on any atom is 0.259 e. The molecule has 0 unspecified atom stereocenters. The molecule has 1 saturated heterocycles. The molecule has 1 aromatic heterocycles. The van der Waals surface area contributed by atoms with E-state index in [2.05, 4.69) is 4.98 Å². The van der Waals surface area contributed by atoms with Gasteiger partial charge >= 0.3 is 0 Å². The van der Waals surface area contributed by atoms with Gasteiger partial charge in [0.15, 0.2) is 0 Å². The average molecular weight is 222 g/mol. The van der Waals surface area contributed by atoms with E-state index in [1.807, 2.05) is 0 Å². The standard InChI is InChI=1S/C11H14N2O3/c1-11(15)6-13(7-11)10(14)8-4-3-5-12-9(8)16-2/h3-5,15H,6-7H2,1-2H3. The number of likely N-dealkylation sites (tertiary alicyclic amines) is 1. The number of aliphatic hydroxyl groups is 1. The van der Waals surface area contributed by atoms with Crippen molar-refractivity contribution >= 4 is 5.91 Å². The normalized spacial score (nSPS) is 17.8. The molecule has 0 spiro atoms. The quantitative estimate of drug-likeness (QED) is 0.781. The molecule has 0 aromatic carbocycles. The summed E-state index contributed by atoms with van der Waals surface area (Å²) in [6.45, 7) is 2.41. The van der Waals surface area contributed by atoms with Gasteiger partial charge < -0.3 is 14.7 Å². The fourth-order valence-corrected chi connectivity index (χ4v) is 1.81. The summed E-state index contributed by atoms with van der Waals surface area (Å²) < 4.78 is 5.02. The lowest BCUT2D eigenvalue weighted by molar-refractivity contribution is -0.0669. The number of amides is 1. The van der Waals surface area contributed by atoms with Gasteiger partial charge in [0, 0.05) is 6.20 Å². The van der Waals surface area contributed by atoms with Crippen LogP contribution in [0.4, 0.5) is 0 Å². The molecule has 0 atom stereocenters. The summed E-state index contributed by atoms with van der Waals surface area (Å²) in [5.74, 6) is 0.163. The molecule has 1 aliphatic rings. The zero-order chi connectivity index (χ0) is 11.8. The molecule has 2 rings (SSSR count). The number of nitrogens with zero attached hydrogens (tertiary/aromatic N) is 2. The monoisotopic (exact) mass is 222 g/mol. The largest absolute Gasteiger partial charge is 0.480 e. The summed E-state index contributed by atoms with van der Waals surface area (Å²) in [5, 5.41) is 9.57. The predicted molar refractivity (Wildman–Crippen MR) is 57.3 cm³/mol. The van der Waals surface area contributed by atoms with Gasteiger partial charge in [0.1, 0.15) is 5.56 Å². The first-order valence-corrected chi connectivity index (χ1v) is 5.04. The van der Waals surface area contributed by atoms with Crippen LogP contribution in [-0.4, -0.2) is 46.7 Å². The van der Waals surface area contributed by atoms with E-state index in [0.717, 1.165) is 0 Å². The van der Waals surface area contributed by atoms with Crippen LogP contribution in [0.2, 0.25) is 0 Å². The number of ether oxygens (including phenoxy) is 1. The maximum atomic E-state index is 12.0. The fraction of sp³-hybridized carbons (Fsp3) is 0.455. The van der Waals surface area contributed by atoms with Gasteiger partial charge in [-0.3, -0.25) is 4.79 Å². The van der Waals surface area contributed by atoms with E-state index in [0.29, 0.717) is 24.5 Å². The minimum atomic E-state index is -0.759. The molecule has 5 heteroatoms. The Labute approximate surface area is 93.7 Å². The molecule has 5 nitrogen and oxygen atoms in total. The van der Waals surface area contributed by atoms with E-state index in [-0.39, 0.29) is 5.91 Å². The first-order chi connectivity index (χ1) is 7.53. The number of β-amino-alcohol motifs (C(OH)–C–C–N with tert-alkyl or cyclic N) is 1. The third-order valence-electron chi connectivity index (χ3n) is 2.55. The molecule has 0 bridgehead atoms. The number of rotatable bonds is 2. The molecule has 16 heavy (non-hydrogen) atoms. The van der Waals surface area contributed by atoms with Gasteiger partial charge in [-0.25, -0.2) is 4.98 Å². The molecule has 1 N–H and O–H groups in total. The molecule has 0 aliphatic carbocycles. The molecule has 0 radical (unpaired) electrons. The Morgan fingerprint density at radius 1 is 1.62 bits per heavy atom. The van der Waals surface area contributed by atoms with Crippen LogP contribution in [0.25, 0.3) is 0 Å². The molecule has 2 heterocycles. The maximum absolute atomic E-state index is 12.0. The Morgan fingerprint density at radius 3 is 2.88 bits per heavy atom. The molecule has 1 aliphatic heterocycles. The van der Waals surface area contributed by atoms with E-state index in [9.17, 15) is 9.90 Å². The van der Waals surface area contributed by atoms with Crippen molar-refractivity contribution < 1.29 is 14.6 Å². The van der Waals surface area contributed by atoms with Gasteiger partial charge in [0.25, 0.3) is 5.91 Å². The molecule has 1 aromatic rings. The molecular formula is C11H14N2O3. The molecule has 0 saturated carbocycles. The van der Waals surface area contributed by atoms with Crippen LogP contribution < -0.4 is 4.74 Å². The third kappa shape index (κ3) is 1.86. The van der Waals surface area contributed by atoms with E-state index >= 15 is 0 Å². The number of carbonyl (C=O) groups excluding carboxylic acids is 1. The van der Waals surface area contributed by atoms with Crippen molar-refractivity contribution in [3.8, 4) is 5.88 Å². The van der Waals surface area contributed by atoms with Gasteiger partial charge in [0.2, 0.25) is 5.88 Å². The highest BCUT2D eigenvalue weighted by Crippen LogP contribution is 2.24. The number of aromatic nitrogens is 1. The molecular weight excluding hydrogens is 208 g/mol. The van der Waals surface area contributed by atoms with Crippen molar-refractivity contribution in [3.05, 3.63) is 23.9 Å². The molecule has 86 valence electrons. The zero-order valence-corrected chi connectivity index (χ0v) is 9.30. The van der Waals surface area contributed by atoms with E-state index in [1.165, 1.54) is 7.11 Å². The summed E-state index contributed by atoms with van der Waals surface area (Å²) in [5.41, 5.74) is -0.328. The van der Waals surface area contributed by atoms with Crippen LogP contribution in [0.1, 0.15) is 17.3 Å². The fourth-order valence-electron chi connectivity index (χ4n) is 1.81. The SMILES string of the molecule is COc1ncccc1C(=O)N1CC(C)(O)C1. The lowest BCUT2D eigenvalue weighted by Crippen LogP contribution is -2.61. The van der Waals surface area contributed by atoms with Crippen LogP contribution >= 0.6 is 0 Å². The van der Waals surface area contributed by atoms with Gasteiger partial charge in [-0.15, -0.1) is 0 Å². The predicted octanol–water partition coefficient (Wildman–Crippen LogP) is 0.297. The van der Waals surface area contributed by atoms with Crippen molar-refractivity contribution in [1.82, 2.24) is 9.88 Å². The number of hydrogen-bond acceptors (Lipinski definition) is 4. The lowest BCUT2D eigenvalue weighted by Gasteiger charge is -2.44. The highest BCUT2D eigenvalue weighted by Gasteiger charge is 2.40. The van der Waals surface area contributed by atoms with Crippen LogP contribution in [0.5, 0.6) is 5.88 Å². The van der Waals surface area contributed by atoms with Crippen molar-refractivity contribution in [3.63, 3.8) is 0 Å². The number of pyridine rings is 1. The molecule has 1 amide bonds. The van der Waals surface area contributed by atoms with Gasteiger partial charge in [-0.05, 0) is 19.1 Å². The van der Waals surface area contributed by atoms with E-state index < -0.39 is 5.60 Å². The van der Waals surface area contributed by atoms with Crippen molar-refractivity contribution in [1.29, 1.82) is 0 Å². The molecule has 1 fully saturated rings. The number of methoxy groups -OCH3 is 1. The summed E-state index contributed by atoms with van der Waals surface area (Å²) in [4.78, 5) is 17.5. The average Bonchev–Trinajstić information content (AvgIpc) is 2.24. The Balaban J connectivity index is 2.16. The van der Waals surface area contributed by atoms with E-state index in [4.69, 9.17) is 4.74 Å². The lowest BCUT2D eigenvalue weighted by atomic mass is 9.96. The first kappa shape index (κ1) is 10.9. The van der Waals surface area contributed by atoms with Crippen LogP contribution in [0.15, 0.2) is 18.3 Å². The first-order valence-electron chi connectivity index (χ1n) is 5.04. The van der Waals surface area contributed by atoms with Crippen LogP contribution in [0, 0.1) is 0 Å². The van der Waals surface area contributed by atoms with Crippen LogP contribution in [0.3, 0.4) is 0 Å². The minimum Gasteiger partial charge on any atom is -0.480 e. The highest BCUT2D eigenvalue weighted by molar-refractivity contribution is 5.97. The number of carbonyl (C=O) groups is 1. The van der Waals surface area contributed by atoms with Crippen molar-refractivity contribution in [2.45, 2.75) is 12.5 Å². The summed E-state index contributed by atoms with van der Waals surface area (Å²) in [6, 6.07) is 3.36.